The Morgan fingerprint density at radius 3 is 2.36 bits per heavy atom. The number of carbonyl (C=O) groups is 1. The summed E-state index contributed by atoms with van der Waals surface area (Å²) in [4.78, 5) is 21.6. The number of carbonyl (C=O) groups excluding carboxylic acids is 1. The molecular weight excluding hydrogens is 299 g/mol. The number of aromatic nitrogens is 3. The minimum absolute atomic E-state index is 0.00843. The zero-order valence-electron chi connectivity index (χ0n) is 11.8. The van der Waals surface area contributed by atoms with Gasteiger partial charge in [0.25, 0.3) is 0 Å². The highest BCUT2D eigenvalue weighted by Gasteiger charge is 2.34. The minimum Gasteiger partial charge on any atom is -0.459 e. The second-order valence-electron chi connectivity index (χ2n) is 4.56. The molecule has 116 valence electrons. The standard InChI is InChI=1S/C14H12F3N3O2/c1-8-3-10(4-12(20-8)7-22-9(2)21)11-5-18-13(19-6-11)14(15,16)17/h3-6H,7H2,1-2H3. The Kier molecular flexibility index (Phi) is 4.39. The lowest BCUT2D eigenvalue weighted by Crippen LogP contribution is -2.10. The number of esters is 1. The summed E-state index contributed by atoms with van der Waals surface area (Å²) in [5.74, 6) is -1.63. The molecule has 2 aromatic rings. The van der Waals surface area contributed by atoms with Crippen molar-refractivity contribution in [3.63, 3.8) is 0 Å². The molecule has 0 radical (unpaired) electrons. The molecule has 0 N–H and O–H groups in total. The van der Waals surface area contributed by atoms with E-state index in [0.29, 0.717) is 22.5 Å². The molecule has 5 nitrogen and oxygen atoms in total. The molecule has 0 unspecified atom stereocenters. The molecule has 0 aliphatic rings. The first-order valence-electron chi connectivity index (χ1n) is 6.26. The molecular formula is C14H12F3N3O2. The van der Waals surface area contributed by atoms with Gasteiger partial charge in [0.1, 0.15) is 6.61 Å². The third-order valence-corrected chi connectivity index (χ3v) is 2.67. The van der Waals surface area contributed by atoms with Crippen LogP contribution in [0.1, 0.15) is 24.1 Å². The van der Waals surface area contributed by atoms with Crippen LogP contribution in [0.4, 0.5) is 13.2 Å². The number of hydrogen-bond donors (Lipinski definition) is 0. The van der Waals surface area contributed by atoms with Crippen molar-refractivity contribution < 1.29 is 22.7 Å². The van der Waals surface area contributed by atoms with E-state index in [2.05, 4.69) is 15.0 Å². The highest BCUT2D eigenvalue weighted by atomic mass is 19.4. The number of nitrogens with zero attached hydrogens (tertiary/aromatic N) is 3. The van der Waals surface area contributed by atoms with Gasteiger partial charge in [-0.2, -0.15) is 13.2 Å². The van der Waals surface area contributed by atoms with Crippen molar-refractivity contribution in [2.75, 3.05) is 0 Å². The average Bonchev–Trinajstić information content (AvgIpc) is 2.44. The normalized spacial score (nSPS) is 11.3. The molecule has 0 fully saturated rings. The average molecular weight is 311 g/mol. The van der Waals surface area contributed by atoms with E-state index in [0.717, 1.165) is 12.4 Å². The molecule has 0 aliphatic heterocycles. The summed E-state index contributed by atoms with van der Waals surface area (Å²) in [6.45, 7) is 3.00. The van der Waals surface area contributed by atoms with Gasteiger partial charge in [0.15, 0.2) is 0 Å². The van der Waals surface area contributed by atoms with Gasteiger partial charge in [-0.1, -0.05) is 0 Å². The summed E-state index contributed by atoms with van der Waals surface area (Å²) in [5, 5.41) is 0. The smallest absolute Gasteiger partial charge is 0.451 e. The van der Waals surface area contributed by atoms with Crippen molar-refractivity contribution in [3.05, 3.63) is 41.7 Å². The van der Waals surface area contributed by atoms with Crippen LogP contribution >= 0.6 is 0 Å². The van der Waals surface area contributed by atoms with E-state index in [4.69, 9.17) is 4.74 Å². The maximum absolute atomic E-state index is 12.4. The van der Waals surface area contributed by atoms with E-state index in [1.165, 1.54) is 6.92 Å². The van der Waals surface area contributed by atoms with Crippen molar-refractivity contribution >= 4 is 5.97 Å². The zero-order chi connectivity index (χ0) is 16.3. The van der Waals surface area contributed by atoms with Crippen molar-refractivity contribution in [1.82, 2.24) is 15.0 Å². The summed E-state index contributed by atoms with van der Waals surface area (Å²) >= 11 is 0. The lowest BCUT2D eigenvalue weighted by atomic mass is 10.1. The summed E-state index contributed by atoms with van der Waals surface area (Å²) in [6, 6.07) is 3.30. The molecule has 0 saturated carbocycles. The topological polar surface area (TPSA) is 65.0 Å². The second kappa shape index (κ2) is 6.08. The molecule has 0 aliphatic carbocycles. The first kappa shape index (κ1) is 15.9. The van der Waals surface area contributed by atoms with Crippen molar-refractivity contribution in [2.45, 2.75) is 26.6 Å². The fourth-order valence-corrected chi connectivity index (χ4v) is 1.78. The largest absolute Gasteiger partial charge is 0.459 e. The summed E-state index contributed by atoms with van der Waals surface area (Å²) in [7, 11) is 0. The Morgan fingerprint density at radius 1 is 1.18 bits per heavy atom. The van der Waals surface area contributed by atoms with E-state index in [-0.39, 0.29) is 6.61 Å². The van der Waals surface area contributed by atoms with E-state index in [1.54, 1.807) is 19.1 Å². The first-order chi connectivity index (χ1) is 10.3. The number of hydrogen-bond acceptors (Lipinski definition) is 5. The van der Waals surface area contributed by atoms with E-state index in [1.807, 2.05) is 0 Å². The molecule has 0 atom stereocenters. The van der Waals surface area contributed by atoms with Crippen LogP contribution < -0.4 is 0 Å². The minimum atomic E-state index is -4.58. The van der Waals surface area contributed by atoms with E-state index < -0.39 is 18.0 Å². The number of ether oxygens (including phenoxy) is 1. The number of rotatable bonds is 3. The van der Waals surface area contributed by atoms with Gasteiger partial charge in [-0.15, -0.1) is 0 Å². The molecule has 0 saturated heterocycles. The maximum atomic E-state index is 12.4. The highest BCUT2D eigenvalue weighted by Crippen LogP contribution is 2.27. The van der Waals surface area contributed by atoms with Crippen LogP contribution in [0.2, 0.25) is 0 Å². The van der Waals surface area contributed by atoms with Gasteiger partial charge < -0.3 is 4.74 Å². The van der Waals surface area contributed by atoms with Crippen LogP contribution in [0.3, 0.4) is 0 Å². The molecule has 8 heteroatoms. The van der Waals surface area contributed by atoms with Gasteiger partial charge in [0, 0.05) is 30.6 Å². The second-order valence-corrected chi connectivity index (χ2v) is 4.56. The molecule has 22 heavy (non-hydrogen) atoms. The molecule has 2 rings (SSSR count). The molecule has 0 bridgehead atoms. The van der Waals surface area contributed by atoms with Gasteiger partial charge in [0.05, 0.1) is 5.69 Å². The Morgan fingerprint density at radius 2 is 1.82 bits per heavy atom. The summed E-state index contributed by atoms with van der Waals surface area (Å²) in [6.07, 6.45) is -2.38. The molecule has 0 aromatic carbocycles. The van der Waals surface area contributed by atoms with Gasteiger partial charge in [-0.3, -0.25) is 9.78 Å². The van der Waals surface area contributed by atoms with Gasteiger partial charge in [-0.05, 0) is 24.6 Å². The number of halogens is 3. The first-order valence-corrected chi connectivity index (χ1v) is 6.26. The van der Waals surface area contributed by atoms with Crippen LogP contribution in [0.15, 0.2) is 24.5 Å². The van der Waals surface area contributed by atoms with Crippen LogP contribution in [-0.4, -0.2) is 20.9 Å². The Hall–Kier alpha value is -2.51. The molecule has 0 spiro atoms. The Labute approximate surface area is 124 Å². The van der Waals surface area contributed by atoms with Crippen molar-refractivity contribution in [2.24, 2.45) is 0 Å². The number of alkyl halides is 3. The van der Waals surface area contributed by atoms with Gasteiger partial charge in [0.2, 0.25) is 5.82 Å². The lowest BCUT2D eigenvalue weighted by molar-refractivity contribution is -0.145. The molecule has 2 heterocycles. The number of aryl methyl sites for hydroxylation is 1. The zero-order valence-corrected chi connectivity index (χ0v) is 11.8. The fourth-order valence-electron chi connectivity index (χ4n) is 1.78. The van der Waals surface area contributed by atoms with E-state index in [9.17, 15) is 18.0 Å². The summed E-state index contributed by atoms with van der Waals surface area (Å²) in [5.41, 5.74) is 2.15. The summed E-state index contributed by atoms with van der Waals surface area (Å²) < 4.78 is 42.2. The van der Waals surface area contributed by atoms with Gasteiger partial charge >= 0.3 is 12.1 Å². The number of pyridine rings is 1. The molecule has 2 aromatic heterocycles. The van der Waals surface area contributed by atoms with Crippen LogP contribution in [0.25, 0.3) is 11.1 Å². The quantitative estimate of drug-likeness (QED) is 0.815. The third-order valence-electron chi connectivity index (χ3n) is 2.67. The third kappa shape index (κ3) is 4.00. The highest BCUT2D eigenvalue weighted by molar-refractivity contribution is 5.66. The predicted octanol–water partition coefficient (Wildman–Crippen LogP) is 2.93. The van der Waals surface area contributed by atoms with Crippen molar-refractivity contribution in [3.8, 4) is 11.1 Å². The van der Waals surface area contributed by atoms with Crippen molar-refractivity contribution in [1.29, 1.82) is 0 Å². The van der Waals surface area contributed by atoms with Crippen LogP contribution in [0, 0.1) is 6.92 Å². The SMILES string of the molecule is CC(=O)OCc1cc(-c2cnc(C(F)(F)F)nc2)cc(C)n1. The molecule has 0 amide bonds. The van der Waals surface area contributed by atoms with Crippen LogP contribution in [0.5, 0.6) is 0 Å². The van der Waals surface area contributed by atoms with Crippen LogP contribution in [-0.2, 0) is 22.3 Å². The van der Waals surface area contributed by atoms with E-state index >= 15 is 0 Å². The fraction of sp³-hybridized carbons (Fsp3) is 0.286. The predicted molar refractivity (Wildman–Crippen MR) is 70.5 cm³/mol. The monoisotopic (exact) mass is 311 g/mol. The maximum Gasteiger partial charge on any atom is 0.451 e. The Bertz CT molecular complexity index is 685. The van der Waals surface area contributed by atoms with Gasteiger partial charge in [-0.25, -0.2) is 9.97 Å². The lowest BCUT2D eigenvalue weighted by Gasteiger charge is -2.08. The Balaban J connectivity index is 2.30.